The van der Waals surface area contributed by atoms with Crippen LogP contribution in [-0.2, 0) is 11.3 Å². The summed E-state index contributed by atoms with van der Waals surface area (Å²) in [5.74, 6) is 0.0684. The van der Waals surface area contributed by atoms with Gasteiger partial charge < -0.3 is 11.1 Å². The summed E-state index contributed by atoms with van der Waals surface area (Å²) in [7, 11) is 1.99. The minimum atomic E-state index is 0.0602. The molecule has 0 radical (unpaired) electrons. The lowest BCUT2D eigenvalue weighted by Gasteiger charge is -2.26. The Morgan fingerprint density at radius 3 is 2.74 bits per heavy atom. The number of carbonyl (C=O) groups is 1. The van der Waals surface area contributed by atoms with Crippen LogP contribution in [0.3, 0.4) is 0 Å². The van der Waals surface area contributed by atoms with E-state index in [0.29, 0.717) is 13.0 Å². The fourth-order valence-corrected chi connectivity index (χ4v) is 1.87. The number of amides is 1. The van der Waals surface area contributed by atoms with Gasteiger partial charge in [0.15, 0.2) is 0 Å². The molecular weight excluding hydrogens is 240 g/mol. The molecule has 1 aromatic heterocycles. The van der Waals surface area contributed by atoms with Crippen molar-refractivity contribution in [2.45, 2.75) is 32.4 Å². The van der Waals surface area contributed by atoms with Crippen molar-refractivity contribution in [2.24, 2.45) is 5.73 Å². The van der Waals surface area contributed by atoms with Crippen molar-refractivity contribution in [3.8, 4) is 0 Å². The van der Waals surface area contributed by atoms with Crippen molar-refractivity contribution in [1.82, 2.24) is 15.2 Å². The molecule has 0 aliphatic carbocycles. The smallest absolute Gasteiger partial charge is 0.221 e. The Kier molecular flexibility index (Phi) is 7.07. The number of hydrogen-bond donors (Lipinski definition) is 2. The van der Waals surface area contributed by atoms with Gasteiger partial charge in [-0.2, -0.15) is 0 Å². The van der Waals surface area contributed by atoms with Gasteiger partial charge in [0.2, 0.25) is 5.91 Å². The Morgan fingerprint density at radius 2 is 2.16 bits per heavy atom. The average molecular weight is 264 g/mol. The van der Waals surface area contributed by atoms with E-state index in [1.807, 2.05) is 26.1 Å². The predicted molar refractivity (Wildman–Crippen MR) is 76.5 cm³/mol. The zero-order valence-electron chi connectivity index (χ0n) is 11.8. The summed E-state index contributed by atoms with van der Waals surface area (Å²) >= 11 is 0. The van der Waals surface area contributed by atoms with Crippen LogP contribution >= 0.6 is 0 Å². The first kappa shape index (κ1) is 15.6. The van der Waals surface area contributed by atoms with Crippen LogP contribution in [0.4, 0.5) is 0 Å². The van der Waals surface area contributed by atoms with E-state index in [-0.39, 0.29) is 11.9 Å². The van der Waals surface area contributed by atoms with E-state index in [1.165, 1.54) is 5.56 Å². The molecule has 1 atom stereocenters. The lowest BCUT2D eigenvalue weighted by atomic mass is 10.1. The molecule has 0 fully saturated rings. The van der Waals surface area contributed by atoms with Crippen molar-refractivity contribution >= 4 is 5.91 Å². The van der Waals surface area contributed by atoms with Crippen LogP contribution in [0.5, 0.6) is 0 Å². The molecule has 0 spiro atoms. The van der Waals surface area contributed by atoms with Gasteiger partial charge in [-0.25, -0.2) is 0 Å². The summed E-state index contributed by atoms with van der Waals surface area (Å²) in [6, 6.07) is 4.01. The number of rotatable bonds is 8. The highest BCUT2D eigenvalue weighted by molar-refractivity contribution is 5.76. The molecule has 0 bridgehead atoms. The summed E-state index contributed by atoms with van der Waals surface area (Å²) in [5.41, 5.74) is 6.94. The largest absolute Gasteiger partial charge is 0.356 e. The number of hydrogen-bond acceptors (Lipinski definition) is 4. The topological polar surface area (TPSA) is 71.2 Å². The molecule has 1 aromatic rings. The third-order valence-corrected chi connectivity index (χ3v) is 3.07. The number of likely N-dealkylation sites (N-methyl/N-ethyl adjacent to an activating group) is 1. The van der Waals surface area contributed by atoms with Gasteiger partial charge in [0.25, 0.3) is 0 Å². The van der Waals surface area contributed by atoms with E-state index in [2.05, 4.69) is 15.2 Å². The normalized spacial score (nSPS) is 12.4. The average Bonchev–Trinajstić information content (AvgIpc) is 2.43. The molecule has 1 rings (SSSR count). The van der Waals surface area contributed by atoms with Gasteiger partial charge in [0, 0.05) is 44.5 Å². The minimum Gasteiger partial charge on any atom is -0.356 e. The predicted octanol–water partition coefficient (Wildman–Crippen LogP) is 0.757. The maximum absolute atomic E-state index is 11.7. The first-order valence-corrected chi connectivity index (χ1v) is 6.73. The molecule has 5 heteroatoms. The van der Waals surface area contributed by atoms with E-state index in [1.54, 1.807) is 12.4 Å². The summed E-state index contributed by atoms with van der Waals surface area (Å²) in [4.78, 5) is 17.8. The number of nitrogens with two attached hydrogens (primary N) is 1. The number of pyridine rings is 1. The van der Waals surface area contributed by atoms with Crippen LogP contribution in [-0.4, -0.2) is 42.0 Å². The first-order valence-electron chi connectivity index (χ1n) is 6.73. The van der Waals surface area contributed by atoms with Crippen molar-refractivity contribution < 1.29 is 4.79 Å². The lowest BCUT2D eigenvalue weighted by molar-refractivity contribution is -0.122. The molecule has 0 aromatic carbocycles. The molecular formula is C14H24N4O. The fraction of sp³-hybridized carbons (Fsp3) is 0.571. The molecule has 0 saturated heterocycles. The zero-order chi connectivity index (χ0) is 14.1. The monoisotopic (exact) mass is 264 g/mol. The third kappa shape index (κ3) is 5.81. The van der Waals surface area contributed by atoms with E-state index in [4.69, 9.17) is 5.73 Å². The molecule has 0 aliphatic heterocycles. The minimum absolute atomic E-state index is 0.0602. The third-order valence-electron chi connectivity index (χ3n) is 3.07. The molecule has 1 unspecified atom stereocenters. The SMILES string of the molecule is CCCNC(=O)CC(CN)N(C)Cc1ccncc1. The highest BCUT2D eigenvalue weighted by atomic mass is 16.1. The molecule has 0 saturated carbocycles. The number of aromatic nitrogens is 1. The quantitative estimate of drug-likeness (QED) is 0.727. The van der Waals surface area contributed by atoms with E-state index < -0.39 is 0 Å². The summed E-state index contributed by atoms with van der Waals surface area (Å²) in [6.45, 7) is 4.01. The number of carbonyl (C=O) groups excluding carboxylic acids is 1. The van der Waals surface area contributed by atoms with Gasteiger partial charge in [-0.1, -0.05) is 6.92 Å². The maximum Gasteiger partial charge on any atom is 0.221 e. The number of nitrogens with one attached hydrogen (secondary N) is 1. The molecule has 1 amide bonds. The van der Waals surface area contributed by atoms with Crippen LogP contribution in [0.2, 0.25) is 0 Å². The van der Waals surface area contributed by atoms with Crippen LogP contribution < -0.4 is 11.1 Å². The van der Waals surface area contributed by atoms with Crippen molar-refractivity contribution in [3.05, 3.63) is 30.1 Å². The molecule has 5 nitrogen and oxygen atoms in total. The van der Waals surface area contributed by atoms with Gasteiger partial charge in [0.1, 0.15) is 0 Å². The molecule has 1 heterocycles. The Labute approximate surface area is 115 Å². The first-order chi connectivity index (χ1) is 9.17. The van der Waals surface area contributed by atoms with Gasteiger partial charge >= 0.3 is 0 Å². The second-order valence-electron chi connectivity index (χ2n) is 4.71. The molecule has 3 N–H and O–H groups in total. The standard InChI is InChI=1S/C14H24N4O/c1-3-6-17-14(19)9-13(10-15)18(2)11-12-4-7-16-8-5-12/h4-5,7-8,13H,3,6,9-11,15H2,1-2H3,(H,17,19). The zero-order valence-corrected chi connectivity index (χ0v) is 11.8. The lowest BCUT2D eigenvalue weighted by Crippen LogP contribution is -2.41. The Bertz CT molecular complexity index is 369. The van der Waals surface area contributed by atoms with Crippen LogP contribution in [0.25, 0.3) is 0 Å². The van der Waals surface area contributed by atoms with Gasteiger partial charge in [-0.05, 0) is 31.2 Å². The summed E-state index contributed by atoms with van der Waals surface area (Å²) in [6.07, 6.45) is 4.94. The van der Waals surface area contributed by atoms with Gasteiger partial charge in [0.05, 0.1) is 0 Å². The second kappa shape index (κ2) is 8.61. The van der Waals surface area contributed by atoms with Crippen molar-refractivity contribution in [3.63, 3.8) is 0 Å². The summed E-state index contributed by atoms with van der Waals surface area (Å²) in [5, 5.41) is 2.88. The van der Waals surface area contributed by atoms with Gasteiger partial charge in [-0.15, -0.1) is 0 Å². The molecule has 0 aliphatic rings. The van der Waals surface area contributed by atoms with Gasteiger partial charge in [-0.3, -0.25) is 14.7 Å². The van der Waals surface area contributed by atoms with Crippen molar-refractivity contribution in [1.29, 1.82) is 0 Å². The highest BCUT2D eigenvalue weighted by Gasteiger charge is 2.17. The number of nitrogens with zero attached hydrogens (tertiary/aromatic N) is 2. The van der Waals surface area contributed by atoms with Crippen LogP contribution in [0, 0.1) is 0 Å². The second-order valence-corrected chi connectivity index (χ2v) is 4.71. The molecule has 19 heavy (non-hydrogen) atoms. The Hall–Kier alpha value is -1.46. The highest BCUT2D eigenvalue weighted by Crippen LogP contribution is 2.07. The van der Waals surface area contributed by atoms with Crippen LogP contribution in [0.15, 0.2) is 24.5 Å². The fourth-order valence-electron chi connectivity index (χ4n) is 1.87. The van der Waals surface area contributed by atoms with Crippen molar-refractivity contribution in [2.75, 3.05) is 20.1 Å². The summed E-state index contributed by atoms with van der Waals surface area (Å²) < 4.78 is 0. The van der Waals surface area contributed by atoms with Crippen LogP contribution in [0.1, 0.15) is 25.3 Å². The Morgan fingerprint density at radius 1 is 1.47 bits per heavy atom. The van der Waals surface area contributed by atoms with E-state index in [0.717, 1.165) is 19.5 Å². The van der Waals surface area contributed by atoms with E-state index >= 15 is 0 Å². The molecule has 106 valence electrons. The van der Waals surface area contributed by atoms with E-state index in [9.17, 15) is 4.79 Å². The Balaban J connectivity index is 2.47. The maximum atomic E-state index is 11.7.